The number of carbonyl (C=O) groups excluding carboxylic acids is 2. The number of carbonyl (C=O) groups is 2. The first kappa shape index (κ1) is 17.1. The number of amides is 3. The molecule has 0 spiro atoms. The summed E-state index contributed by atoms with van der Waals surface area (Å²) in [5.74, 6) is 0.814. The third-order valence-electron chi connectivity index (χ3n) is 4.93. The van der Waals surface area contributed by atoms with Gasteiger partial charge in [0.25, 0.3) is 0 Å². The van der Waals surface area contributed by atoms with Gasteiger partial charge in [0.2, 0.25) is 5.91 Å². The van der Waals surface area contributed by atoms with E-state index in [0.717, 1.165) is 18.4 Å². The van der Waals surface area contributed by atoms with Gasteiger partial charge in [0.1, 0.15) is 0 Å². The van der Waals surface area contributed by atoms with E-state index in [-0.39, 0.29) is 23.4 Å². The number of nitrogens with one attached hydrogen (secondary N) is 3. The predicted molar refractivity (Wildman–Crippen MR) is 96.7 cm³/mol. The Morgan fingerprint density at radius 1 is 1.25 bits per heavy atom. The van der Waals surface area contributed by atoms with Crippen LogP contribution in [0.5, 0.6) is 0 Å². The van der Waals surface area contributed by atoms with E-state index in [1.54, 1.807) is 11.8 Å². The van der Waals surface area contributed by atoms with Crippen molar-refractivity contribution in [2.24, 2.45) is 5.92 Å². The highest BCUT2D eigenvalue weighted by molar-refractivity contribution is 8.00. The normalized spacial score (nSPS) is 26.0. The van der Waals surface area contributed by atoms with Gasteiger partial charge in [-0.1, -0.05) is 37.1 Å². The number of aryl methyl sites for hydroxylation is 1. The number of hydrogen-bond donors (Lipinski definition) is 3. The molecule has 0 radical (unpaired) electrons. The lowest BCUT2D eigenvalue weighted by Gasteiger charge is -2.41. The predicted octanol–water partition coefficient (Wildman–Crippen LogP) is 2.54. The molecule has 1 saturated heterocycles. The molecule has 3 unspecified atom stereocenters. The summed E-state index contributed by atoms with van der Waals surface area (Å²) < 4.78 is 0. The van der Waals surface area contributed by atoms with E-state index in [4.69, 9.17) is 0 Å². The van der Waals surface area contributed by atoms with Crippen molar-refractivity contribution in [3.8, 4) is 0 Å². The van der Waals surface area contributed by atoms with Crippen molar-refractivity contribution in [3.05, 3.63) is 35.4 Å². The Labute approximate surface area is 147 Å². The van der Waals surface area contributed by atoms with Crippen LogP contribution in [0.2, 0.25) is 0 Å². The van der Waals surface area contributed by atoms with Crippen LogP contribution in [0.15, 0.2) is 24.3 Å². The molecule has 3 rings (SSSR count). The van der Waals surface area contributed by atoms with Gasteiger partial charge in [0.15, 0.2) is 0 Å². The van der Waals surface area contributed by atoms with Gasteiger partial charge < -0.3 is 16.0 Å². The SMILES string of the molecule is Cc1ccccc1CNC(=O)CSC1NC(=O)NC2CCCCC21. The van der Waals surface area contributed by atoms with Crippen LogP contribution in [-0.4, -0.2) is 29.1 Å². The summed E-state index contributed by atoms with van der Waals surface area (Å²) in [6.45, 7) is 2.60. The summed E-state index contributed by atoms with van der Waals surface area (Å²) >= 11 is 1.55. The quantitative estimate of drug-likeness (QED) is 0.767. The van der Waals surface area contributed by atoms with E-state index >= 15 is 0 Å². The molecule has 1 heterocycles. The smallest absolute Gasteiger partial charge is 0.315 e. The number of hydrogen-bond acceptors (Lipinski definition) is 3. The molecule has 1 aromatic rings. The van der Waals surface area contributed by atoms with E-state index < -0.39 is 0 Å². The maximum Gasteiger partial charge on any atom is 0.315 e. The number of benzene rings is 1. The molecule has 5 nitrogen and oxygen atoms in total. The third-order valence-corrected chi connectivity index (χ3v) is 6.18. The van der Waals surface area contributed by atoms with Crippen LogP contribution in [0.4, 0.5) is 4.79 Å². The van der Waals surface area contributed by atoms with Crippen molar-refractivity contribution in [2.45, 2.75) is 50.6 Å². The molecule has 2 fully saturated rings. The maximum absolute atomic E-state index is 12.2. The summed E-state index contributed by atoms with van der Waals surface area (Å²) in [6, 6.07) is 8.22. The fraction of sp³-hybridized carbons (Fsp3) is 0.556. The van der Waals surface area contributed by atoms with Crippen LogP contribution in [0, 0.1) is 12.8 Å². The van der Waals surface area contributed by atoms with Crippen molar-refractivity contribution < 1.29 is 9.59 Å². The van der Waals surface area contributed by atoms with Gasteiger partial charge in [-0.25, -0.2) is 4.79 Å². The number of rotatable bonds is 5. The van der Waals surface area contributed by atoms with Gasteiger partial charge in [-0.15, -0.1) is 11.8 Å². The van der Waals surface area contributed by atoms with Gasteiger partial charge in [-0.05, 0) is 30.9 Å². The van der Waals surface area contributed by atoms with Crippen molar-refractivity contribution in [1.82, 2.24) is 16.0 Å². The minimum absolute atomic E-state index is 0.0170. The first-order chi connectivity index (χ1) is 11.6. The Morgan fingerprint density at radius 3 is 2.88 bits per heavy atom. The summed E-state index contributed by atoms with van der Waals surface area (Å²) in [5.41, 5.74) is 2.32. The zero-order valence-corrected chi connectivity index (χ0v) is 14.8. The summed E-state index contributed by atoms with van der Waals surface area (Å²) in [7, 11) is 0. The van der Waals surface area contributed by atoms with E-state index in [2.05, 4.69) is 16.0 Å². The first-order valence-electron chi connectivity index (χ1n) is 8.63. The van der Waals surface area contributed by atoms with Crippen molar-refractivity contribution in [1.29, 1.82) is 0 Å². The van der Waals surface area contributed by atoms with Crippen LogP contribution in [0.1, 0.15) is 36.8 Å². The van der Waals surface area contributed by atoms with Gasteiger partial charge >= 0.3 is 6.03 Å². The second-order valence-electron chi connectivity index (χ2n) is 6.61. The van der Waals surface area contributed by atoms with Crippen molar-refractivity contribution in [3.63, 3.8) is 0 Å². The lowest BCUT2D eigenvalue weighted by molar-refractivity contribution is -0.118. The molecule has 130 valence electrons. The van der Waals surface area contributed by atoms with Gasteiger partial charge in [-0.3, -0.25) is 4.79 Å². The van der Waals surface area contributed by atoms with Crippen LogP contribution >= 0.6 is 11.8 Å². The van der Waals surface area contributed by atoms with Crippen LogP contribution in [0.3, 0.4) is 0 Å². The monoisotopic (exact) mass is 347 g/mol. The number of fused-ring (bicyclic) bond motifs is 1. The second-order valence-corrected chi connectivity index (χ2v) is 7.74. The lowest BCUT2D eigenvalue weighted by atomic mass is 9.83. The zero-order chi connectivity index (χ0) is 16.9. The summed E-state index contributed by atoms with van der Waals surface area (Å²) in [6.07, 6.45) is 4.54. The fourth-order valence-corrected chi connectivity index (χ4v) is 4.73. The molecule has 1 aromatic carbocycles. The second kappa shape index (κ2) is 7.92. The van der Waals surface area contributed by atoms with Crippen molar-refractivity contribution in [2.75, 3.05) is 5.75 Å². The van der Waals surface area contributed by atoms with Crippen LogP contribution < -0.4 is 16.0 Å². The molecule has 6 heteroatoms. The van der Waals surface area contributed by atoms with E-state index in [1.807, 2.05) is 31.2 Å². The van der Waals surface area contributed by atoms with Gasteiger partial charge in [0.05, 0.1) is 11.1 Å². The largest absolute Gasteiger partial charge is 0.351 e. The highest BCUT2D eigenvalue weighted by atomic mass is 32.2. The number of urea groups is 1. The van der Waals surface area contributed by atoms with Crippen LogP contribution in [-0.2, 0) is 11.3 Å². The average Bonchev–Trinajstić information content (AvgIpc) is 2.58. The molecule has 1 aliphatic carbocycles. The molecular formula is C18H25N3O2S. The minimum atomic E-state index is -0.101. The highest BCUT2D eigenvalue weighted by Gasteiger charge is 2.38. The Kier molecular flexibility index (Phi) is 5.66. The minimum Gasteiger partial charge on any atom is -0.351 e. The highest BCUT2D eigenvalue weighted by Crippen LogP contribution is 2.33. The first-order valence-corrected chi connectivity index (χ1v) is 9.68. The standard InChI is InChI=1S/C18H25N3O2S/c1-12-6-2-3-7-13(12)10-19-16(22)11-24-17-14-8-4-5-9-15(14)20-18(23)21-17/h2-3,6-7,14-15,17H,4-5,8-11H2,1H3,(H,19,22)(H2,20,21,23). The molecule has 0 aromatic heterocycles. The molecule has 24 heavy (non-hydrogen) atoms. The lowest BCUT2D eigenvalue weighted by Crippen LogP contribution is -2.60. The molecule has 3 amide bonds. The Hall–Kier alpha value is -1.69. The topological polar surface area (TPSA) is 70.2 Å². The number of thioether (sulfide) groups is 1. The molecule has 0 bridgehead atoms. The maximum atomic E-state index is 12.2. The van der Waals surface area contributed by atoms with E-state index in [9.17, 15) is 9.59 Å². The van der Waals surface area contributed by atoms with E-state index in [1.165, 1.54) is 18.4 Å². The van der Waals surface area contributed by atoms with Gasteiger partial charge in [-0.2, -0.15) is 0 Å². The molecular weight excluding hydrogens is 322 g/mol. The Balaban J connectivity index is 1.48. The molecule has 2 aliphatic rings. The fourth-order valence-electron chi connectivity index (χ4n) is 3.53. The average molecular weight is 347 g/mol. The molecule has 3 atom stereocenters. The molecule has 1 aliphatic heterocycles. The van der Waals surface area contributed by atoms with Crippen LogP contribution in [0.25, 0.3) is 0 Å². The van der Waals surface area contributed by atoms with Crippen molar-refractivity contribution >= 4 is 23.7 Å². The Bertz CT molecular complexity index is 608. The van der Waals surface area contributed by atoms with Gasteiger partial charge in [0, 0.05) is 18.5 Å². The molecule has 3 N–H and O–H groups in total. The Morgan fingerprint density at radius 2 is 2.04 bits per heavy atom. The summed E-state index contributed by atoms with van der Waals surface area (Å²) in [4.78, 5) is 23.9. The third kappa shape index (κ3) is 4.23. The molecule has 1 saturated carbocycles. The zero-order valence-electron chi connectivity index (χ0n) is 14.0. The van der Waals surface area contributed by atoms with E-state index in [0.29, 0.717) is 18.2 Å². The summed E-state index contributed by atoms with van der Waals surface area (Å²) in [5, 5.41) is 9.02.